The van der Waals surface area contributed by atoms with Crippen LogP contribution in [0.4, 0.5) is 20.2 Å². The van der Waals surface area contributed by atoms with Gasteiger partial charge in [0.15, 0.2) is 0 Å². The first-order chi connectivity index (χ1) is 8.58. The van der Waals surface area contributed by atoms with E-state index < -0.39 is 11.6 Å². The van der Waals surface area contributed by atoms with E-state index in [1.165, 1.54) is 18.2 Å². The lowest BCUT2D eigenvalue weighted by Crippen LogP contribution is -2.06. The molecule has 2 aromatic carbocycles. The summed E-state index contributed by atoms with van der Waals surface area (Å²) in [5.74, 6) is -1.19. The molecule has 0 aromatic heterocycles. The van der Waals surface area contributed by atoms with E-state index in [-0.39, 0.29) is 12.1 Å². The zero-order valence-corrected chi connectivity index (χ0v) is 10.1. The molecule has 0 atom stereocenters. The summed E-state index contributed by atoms with van der Waals surface area (Å²) in [6, 6.07) is 8.62. The number of nitrogens with two attached hydrogens (primary N) is 1. The Hall–Kier alpha value is -1.81. The van der Waals surface area contributed by atoms with Crippen LogP contribution in [0.1, 0.15) is 5.56 Å². The zero-order chi connectivity index (χ0) is 13.1. The van der Waals surface area contributed by atoms with E-state index in [0.29, 0.717) is 16.4 Å². The summed E-state index contributed by atoms with van der Waals surface area (Å²) in [4.78, 5) is 0. The van der Waals surface area contributed by atoms with Crippen LogP contribution in [0.2, 0.25) is 5.02 Å². The third kappa shape index (κ3) is 2.71. The molecule has 3 N–H and O–H groups in total. The second-order valence-electron chi connectivity index (χ2n) is 3.79. The van der Waals surface area contributed by atoms with Gasteiger partial charge >= 0.3 is 0 Å². The Bertz CT molecular complexity index is 553. The average Bonchev–Trinajstić information content (AvgIpc) is 2.33. The van der Waals surface area contributed by atoms with Gasteiger partial charge in [0, 0.05) is 17.1 Å². The second kappa shape index (κ2) is 5.23. The molecular weight excluding hydrogens is 258 g/mol. The number of anilines is 2. The average molecular weight is 269 g/mol. The fraction of sp³-hybridized carbons (Fsp3) is 0.0769. The highest BCUT2D eigenvalue weighted by Gasteiger charge is 2.08. The molecule has 2 aromatic rings. The van der Waals surface area contributed by atoms with Gasteiger partial charge in [-0.1, -0.05) is 17.7 Å². The van der Waals surface area contributed by atoms with Crippen LogP contribution < -0.4 is 11.1 Å². The van der Waals surface area contributed by atoms with Crippen LogP contribution in [0, 0.1) is 11.6 Å². The molecule has 0 bridgehead atoms. The van der Waals surface area contributed by atoms with Gasteiger partial charge in [0.25, 0.3) is 0 Å². The molecule has 0 aliphatic rings. The van der Waals surface area contributed by atoms with Crippen molar-refractivity contribution >= 4 is 23.0 Å². The summed E-state index contributed by atoms with van der Waals surface area (Å²) in [6.07, 6.45) is 0. The Morgan fingerprint density at radius 2 is 1.78 bits per heavy atom. The largest absolute Gasteiger partial charge is 0.397 e. The molecule has 5 heteroatoms. The molecule has 0 amide bonds. The topological polar surface area (TPSA) is 38.0 Å². The maximum atomic E-state index is 13.4. The maximum absolute atomic E-state index is 13.4. The van der Waals surface area contributed by atoms with Gasteiger partial charge in [0.1, 0.15) is 11.6 Å². The monoisotopic (exact) mass is 268 g/mol. The number of hydrogen-bond donors (Lipinski definition) is 2. The zero-order valence-electron chi connectivity index (χ0n) is 9.38. The van der Waals surface area contributed by atoms with Crippen LogP contribution in [0.3, 0.4) is 0 Å². The fourth-order valence-corrected chi connectivity index (χ4v) is 1.74. The van der Waals surface area contributed by atoms with E-state index in [9.17, 15) is 8.78 Å². The molecule has 0 saturated carbocycles. The maximum Gasteiger partial charge on any atom is 0.131 e. The normalized spacial score (nSPS) is 10.4. The van der Waals surface area contributed by atoms with E-state index in [1.807, 2.05) is 0 Å². The summed E-state index contributed by atoms with van der Waals surface area (Å²) in [5.41, 5.74) is 6.71. The Morgan fingerprint density at radius 3 is 2.44 bits per heavy atom. The van der Waals surface area contributed by atoms with Crippen molar-refractivity contribution in [3.8, 4) is 0 Å². The predicted molar refractivity (Wildman–Crippen MR) is 69.5 cm³/mol. The van der Waals surface area contributed by atoms with E-state index in [4.69, 9.17) is 17.3 Å². The SMILES string of the molecule is Nc1ccc(Cl)cc1NCc1c(F)cccc1F. The van der Waals surface area contributed by atoms with Crippen molar-refractivity contribution in [3.05, 3.63) is 58.6 Å². The molecule has 2 nitrogen and oxygen atoms in total. The van der Waals surface area contributed by atoms with Crippen molar-refractivity contribution in [3.63, 3.8) is 0 Å². The molecule has 0 aliphatic carbocycles. The first-order valence-electron chi connectivity index (χ1n) is 5.29. The van der Waals surface area contributed by atoms with E-state index in [0.717, 1.165) is 0 Å². The number of benzene rings is 2. The van der Waals surface area contributed by atoms with Crippen LogP contribution in [-0.4, -0.2) is 0 Å². The molecule has 94 valence electrons. The standard InChI is InChI=1S/C13H11ClF2N2/c14-8-4-5-12(17)13(6-8)18-7-9-10(15)2-1-3-11(9)16/h1-6,18H,7,17H2. The van der Waals surface area contributed by atoms with Gasteiger partial charge in [0.2, 0.25) is 0 Å². The minimum absolute atomic E-state index is 0.00302. The fourth-order valence-electron chi connectivity index (χ4n) is 1.57. The van der Waals surface area contributed by atoms with Gasteiger partial charge < -0.3 is 11.1 Å². The number of halogens is 3. The van der Waals surface area contributed by atoms with Crippen LogP contribution in [0.15, 0.2) is 36.4 Å². The van der Waals surface area contributed by atoms with Crippen molar-refractivity contribution in [2.75, 3.05) is 11.1 Å². The van der Waals surface area contributed by atoms with Crippen molar-refractivity contribution in [1.82, 2.24) is 0 Å². The van der Waals surface area contributed by atoms with Crippen LogP contribution >= 0.6 is 11.6 Å². The Labute approximate surface area is 108 Å². The quantitative estimate of drug-likeness (QED) is 0.831. The van der Waals surface area contributed by atoms with Crippen molar-refractivity contribution in [1.29, 1.82) is 0 Å². The Kier molecular flexibility index (Phi) is 3.67. The summed E-state index contributed by atoms with van der Waals surface area (Å²) in [5, 5.41) is 3.36. The van der Waals surface area contributed by atoms with Gasteiger partial charge in [-0.05, 0) is 30.3 Å². The molecule has 2 rings (SSSR count). The first kappa shape index (κ1) is 12.6. The van der Waals surface area contributed by atoms with Gasteiger partial charge in [-0.2, -0.15) is 0 Å². The number of nitrogens with one attached hydrogen (secondary N) is 1. The lowest BCUT2D eigenvalue weighted by Gasteiger charge is -2.11. The molecule has 0 fully saturated rings. The molecule has 0 unspecified atom stereocenters. The molecule has 0 radical (unpaired) electrons. The molecule has 0 heterocycles. The van der Waals surface area contributed by atoms with Gasteiger partial charge in [-0.3, -0.25) is 0 Å². The highest BCUT2D eigenvalue weighted by molar-refractivity contribution is 6.31. The van der Waals surface area contributed by atoms with Crippen LogP contribution in [0.5, 0.6) is 0 Å². The van der Waals surface area contributed by atoms with E-state index in [1.54, 1.807) is 18.2 Å². The van der Waals surface area contributed by atoms with Crippen molar-refractivity contribution in [2.45, 2.75) is 6.54 Å². The third-order valence-electron chi connectivity index (χ3n) is 2.53. The summed E-state index contributed by atoms with van der Waals surface area (Å²) in [6.45, 7) is 0.00302. The van der Waals surface area contributed by atoms with Gasteiger partial charge in [-0.15, -0.1) is 0 Å². The Morgan fingerprint density at radius 1 is 1.11 bits per heavy atom. The summed E-state index contributed by atoms with van der Waals surface area (Å²) in [7, 11) is 0. The molecule has 0 spiro atoms. The third-order valence-corrected chi connectivity index (χ3v) is 2.77. The van der Waals surface area contributed by atoms with E-state index >= 15 is 0 Å². The van der Waals surface area contributed by atoms with E-state index in [2.05, 4.69) is 5.32 Å². The highest BCUT2D eigenvalue weighted by atomic mass is 35.5. The molecular formula is C13H11ClF2N2. The summed E-state index contributed by atoms with van der Waals surface area (Å²) < 4.78 is 26.8. The Balaban J connectivity index is 2.19. The number of nitrogen functional groups attached to an aromatic ring is 1. The lowest BCUT2D eigenvalue weighted by atomic mass is 10.2. The predicted octanol–water partition coefficient (Wildman–Crippen LogP) is 3.81. The minimum Gasteiger partial charge on any atom is -0.397 e. The number of rotatable bonds is 3. The van der Waals surface area contributed by atoms with Crippen molar-refractivity contribution in [2.24, 2.45) is 0 Å². The smallest absolute Gasteiger partial charge is 0.131 e. The minimum atomic E-state index is -0.594. The van der Waals surface area contributed by atoms with Crippen molar-refractivity contribution < 1.29 is 8.78 Å². The summed E-state index contributed by atoms with van der Waals surface area (Å²) >= 11 is 5.82. The second-order valence-corrected chi connectivity index (χ2v) is 4.22. The van der Waals surface area contributed by atoms with Gasteiger partial charge in [0.05, 0.1) is 11.4 Å². The molecule has 0 saturated heterocycles. The van der Waals surface area contributed by atoms with Crippen LogP contribution in [0.25, 0.3) is 0 Å². The highest BCUT2D eigenvalue weighted by Crippen LogP contribution is 2.24. The van der Waals surface area contributed by atoms with Gasteiger partial charge in [-0.25, -0.2) is 8.78 Å². The first-order valence-corrected chi connectivity index (χ1v) is 5.67. The molecule has 18 heavy (non-hydrogen) atoms. The lowest BCUT2D eigenvalue weighted by molar-refractivity contribution is 0.560. The molecule has 0 aliphatic heterocycles. The number of hydrogen-bond acceptors (Lipinski definition) is 2. The van der Waals surface area contributed by atoms with Crippen LogP contribution in [-0.2, 0) is 6.54 Å².